The van der Waals surface area contributed by atoms with Crippen LogP contribution in [0.15, 0.2) is 29.3 Å². The van der Waals surface area contributed by atoms with E-state index in [1.807, 2.05) is 18.3 Å². The number of rotatable bonds is 2. The highest BCUT2D eigenvalue weighted by Gasteiger charge is 2.04. The minimum absolute atomic E-state index is 0.874. The van der Waals surface area contributed by atoms with Crippen LogP contribution in [-0.4, -0.2) is 10.7 Å². The Morgan fingerprint density at radius 1 is 1.38 bits per heavy atom. The van der Waals surface area contributed by atoms with Gasteiger partial charge in [-0.15, -0.1) is 11.8 Å². The Balaban J connectivity index is 2.66. The predicted molar refractivity (Wildman–Crippen MR) is 59.1 cm³/mol. The Hall–Kier alpha value is -1.09. The maximum Gasteiger partial charge on any atom is 0.0466 e. The van der Waals surface area contributed by atoms with Crippen molar-refractivity contribution in [2.45, 2.75) is 11.8 Å². The molecule has 2 aromatic rings. The molecular formula is C10H12N2S. The van der Waals surface area contributed by atoms with Gasteiger partial charge < -0.3 is 10.7 Å². The number of H-pyrrole nitrogens is 1. The normalized spacial score (nSPS) is 10.8. The molecule has 0 aliphatic heterocycles. The maximum absolute atomic E-state index is 5.90. The van der Waals surface area contributed by atoms with Crippen LogP contribution in [0.4, 0.5) is 5.69 Å². The van der Waals surface area contributed by atoms with Gasteiger partial charge in [0.2, 0.25) is 0 Å². The minimum Gasteiger partial charge on any atom is -0.398 e. The molecule has 1 heterocycles. The molecule has 0 saturated heterocycles. The fourth-order valence-electron chi connectivity index (χ4n) is 1.43. The molecule has 0 amide bonds. The summed E-state index contributed by atoms with van der Waals surface area (Å²) < 4.78 is 0. The fourth-order valence-corrected chi connectivity index (χ4v) is 2.28. The van der Waals surface area contributed by atoms with E-state index in [1.54, 1.807) is 11.8 Å². The third kappa shape index (κ3) is 1.40. The van der Waals surface area contributed by atoms with Crippen molar-refractivity contribution in [2.24, 2.45) is 0 Å². The third-order valence-corrected chi connectivity index (χ3v) is 3.04. The highest BCUT2D eigenvalue weighted by molar-refractivity contribution is 7.99. The van der Waals surface area contributed by atoms with Gasteiger partial charge in [0, 0.05) is 27.7 Å². The molecule has 0 radical (unpaired) electrons. The van der Waals surface area contributed by atoms with E-state index in [9.17, 15) is 0 Å². The molecule has 3 N–H and O–H groups in total. The zero-order chi connectivity index (χ0) is 9.26. The first-order valence-electron chi connectivity index (χ1n) is 4.31. The van der Waals surface area contributed by atoms with E-state index in [4.69, 9.17) is 5.73 Å². The summed E-state index contributed by atoms with van der Waals surface area (Å²) in [5.41, 5.74) is 7.93. The molecule has 0 fully saturated rings. The quantitative estimate of drug-likeness (QED) is 0.567. The molecule has 0 atom stereocenters. The van der Waals surface area contributed by atoms with Gasteiger partial charge in [0.05, 0.1) is 0 Å². The van der Waals surface area contributed by atoms with Gasteiger partial charge in [-0.05, 0) is 24.0 Å². The van der Waals surface area contributed by atoms with Crippen molar-refractivity contribution in [3.63, 3.8) is 0 Å². The number of nitrogens with one attached hydrogen (secondary N) is 1. The van der Waals surface area contributed by atoms with Crippen LogP contribution in [0, 0.1) is 0 Å². The highest BCUT2D eigenvalue weighted by Crippen LogP contribution is 2.32. The van der Waals surface area contributed by atoms with Crippen molar-refractivity contribution in [3.05, 3.63) is 24.4 Å². The zero-order valence-corrected chi connectivity index (χ0v) is 8.32. The average Bonchev–Trinajstić information content (AvgIpc) is 2.58. The number of hydrogen-bond donors (Lipinski definition) is 2. The van der Waals surface area contributed by atoms with Crippen LogP contribution in [0.2, 0.25) is 0 Å². The summed E-state index contributed by atoms with van der Waals surface area (Å²) in [4.78, 5) is 4.37. The standard InChI is InChI=1S/C10H12N2S/c1-2-13-10-7-5-6-12-9(7)4-3-8(10)11/h3-6,12H,2,11H2,1H3. The van der Waals surface area contributed by atoms with E-state index in [0.29, 0.717) is 0 Å². The summed E-state index contributed by atoms with van der Waals surface area (Å²) in [5.74, 6) is 1.05. The van der Waals surface area contributed by atoms with Gasteiger partial charge in [-0.1, -0.05) is 6.92 Å². The smallest absolute Gasteiger partial charge is 0.0466 e. The van der Waals surface area contributed by atoms with Crippen LogP contribution >= 0.6 is 11.8 Å². The number of aromatic amines is 1. The number of hydrogen-bond acceptors (Lipinski definition) is 2. The summed E-state index contributed by atoms with van der Waals surface area (Å²) >= 11 is 1.79. The molecule has 1 aromatic heterocycles. The Morgan fingerprint density at radius 2 is 2.23 bits per heavy atom. The Bertz CT molecular complexity index is 420. The van der Waals surface area contributed by atoms with E-state index >= 15 is 0 Å². The van der Waals surface area contributed by atoms with E-state index in [-0.39, 0.29) is 0 Å². The molecule has 0 aliphatic rings. The van der Waals surface area contributed by atoms with E-state index in [0.717, 1.165) is 17.0 Å². The van der Waals surface area contributed by atoms with Crippen molar-refractivity contribution in [1.29, 1.82) is 0 Å². The molecule has 2 rings (SSSR count). The summed E-state index contributed by atoms with van der Waals surface area (Å²) in [6.07, 6.45) is 1.95. The van der Waals surface area contributed by atoms with E-state index in [2.05, 4.69) is 18.0 Å². The number of fused-ring (bicyclic) bond motifs is 1. The second-order valence-corrected chi connectivity index (χ2v) is 4.13. The van der Waals surface area contributed by atoms with Crippen LogP contribution < -0.4 is 5.73 Å². The second-order valence-electron chi connectivity index (χ2n) is 2.86. The largest absolute Gasteiger partial charge is 0.398 e. The number of nitrogens with two attached hydrogens (primary N) is 1. The van der Waals surface area contributed by atoms with Gasteiger partial charge in [0.1, 0.15) is 0 Å². The number of nitrogen functional groups attached to an aromatic ring is 1. The molecule has 2 nitrogen and oxygen atoms in total. The van der Waals surface area contributed by atoms with Gasteiger partial charge in [-0.25, -0.2) is 0 Å². The van der Waals surface area contributed by atoms with Gasteiger partial charge in [0.25, 0.3) is 0 Å². The van der Waals surface area contributed by atoms with Crippen molar-refractivity contribution in [1.82, 2.24) is 4.98 Å². The predicted octanol–water partition coefficient (Wildman–Crippen LogP) is 2.86. The highest BCUT2D eigenvalue weighted by atomic mass is 32.2. The molecule has 0 unspecified atom stereocenters. The minimum atomic E-state index is 0.874. The van der Waals surface area contributed by atoms with E-state index < -0.39 is 0 Å². The molecule has 68 valence electrons. The second kappa shape index (κ2) is 3.34. The Kier molecular flexibility index (Phi) is 2.19. The van der Waals surface area contributed by atoms with Crippen molar-refractivity contribution in [3.8, 4) is 0 Å². The molecule has 1 aromatic carbocycles. The molecule has 0 aliphatic carbocycles. The van der Waals surface area contributed by atoms with Crippen LogP contribution in [0.5, 0.6) is 0 Å². The Morgan fingerprint density at radius 3 is 3.00 bits per heavy atom. The lowest BCUT2D eigenvalue weighted by Gasteiger charge is -2.04. The van der Waals surface area contributed by atoms with Gasteiger partial charge in [0.15, 0.2) is 0 Å². The number of aromatic nitrogens is 1. The number of thioether (sulfide) groups is 1. The molecular weight excluding hydrogens is 180 g/mol. The lowest BCUT2D eigenvalue weighted by Crippen LogP contribution is -1.88. The first-order chi connectivity index (χ1) is 6.33. The van der Waals surface area contributed by atoms with Gasteiger partial charge in [-0.3, -0.25) is 0 Å². The third-order valence-electron chi connectivity index (χ3n) is 2.00. The fraction of sp³-hybridized carbons (Fsp3) is 0.200. The molecule has 3 heteroatoms. The molecule has 13 heavy (non-hydrogen) atoms. The van der Waals surface area contributed by atoms with Crippen molar-refractivity contribution < 1.29 is 0 Å². The monoisotopic (exact) mass is 192 g/mol. The molecule has 0 bridgehead atoms. The van der Waals surface area contributed by atoms with E-state index in [1.165, 1.54) is 10.3 Å². The maximum atomic E-state index is 5.90. The summed E-state index contributed by atoms with van der Waals surface area (Å²) in [5, 5.41) is 1.23. The number of benzene rings is 1. The SMILES string of the molecule is CCSc1c(N)ccc2[nH]ccc12. The Labute approximate surface area is 81.5 Å². The molecule has 0 saturated carbocycles. The lowest BCUT2D eigenvalue weighted by atomic mass is 10.2. The molecule has 0 spiro atoms. The zero-order valence-electron chi connectivity index (χ0n) is 7.50. The van der Waals surface area contributed by atoms with Crippen LogP contribution in [0.1, 0.15) is 6.92 Å². The van der Waals surface area contributed by atoms with Crippen LogP contribution in [0.25, 0.3) is 10.9 Å². The summed E-state index contributed by atoms with van der Waals surface area (Å²) in [6.45, 7) is 2.13. The summed E-state index contributed by atoms with van der Waals surface area (Å²) in [7, 11) is 0. The van der Waals surface area contributed by atoms with Crippen LogP contribution in [0.3, 0.4) is 0 Å². The van der Waals surface area contributed by atoms with Gasteiger partial charge >= 0.3 is 0 Å². The lowest BCUT2D eigenvalue weighted by molar-refractivity contribution is 1.45. The first-order valence-corrected chi connectivity index (χ1v) is 5.30. The topological polar surface area (TPSA) is 41.8 Å². The average molecular weight is 192 g/mol. The first kappa shape index (κ1) is 8.51. The summed E-state index contributed by atoms with van der Waals surface area (Å²) in [6, 6.07) is 6.05. The van der Waals surface area contributed by atoms with Gasteiger partial charge in [-0.2, -0.15) is 0 Å². The van der Waals surface area contributed by atoms with Crippen molar-refractivity contribution in [2.75, 3.05) is 11.5 Å². The van der Waals surface area contributed by atoms with Crippen molar-refractivity contribution >= 4 is 28.4 Å². The van der Waals surface area contributed by atoms with Crippen LogP contribution in [-0.2, 0) is 0 Å². The number of anilines is 1.